The van der Waals surface area contributed by atoms with Gasteiger partial charge in [-0.1, -0.05) is 42.0 Å². The zero-order valence-corrected chi connectivity index (χ0v) is 17.4. The molecule has 0 spiro atoms. The summed E-state index contributed by atoms with van der Waals surface area (Å²) in [5.74, 6) is -0.759. The molecule has 0 aromatic heterocycles. The van der Waals surface area contributed by atoms with E-state index < -0.39 is 0 Å². The molecule has 0 bridgehead atoms. The summed E-state index contributed by atoms with van der Waals surface area (Å²) in [7, 11) is 0. The maximum absolute atomic E-state index is 13.4. The highest BCUT2D eigenvalue weighted by Crippen LogP contribution is 2.38. The number of carbonyl (C=O) groups is 1. The predicted molar refractivity (Wildman–Crippen MR) is 116 cm³/mol. The van der Waals surface area contributed by atoms with Crippen LogP contribution in [0.25, 0.3) is 0 Å². The Morgan fingerprint density at radius 2 is 1.38 bits per heavy atom. The van der Waals surface area contributed by atoms with Crippen LogP contribution < -0.4 is 5.32 Å². The van der Waals surface area contributed by atoms with Gasteiger partial charge in [-0.05, 0) is 67.8 Å². The van der Waals surface area contributed by atoms with Gasteiger partial charge in [0.1, 0.15) is 11.6 Å². The third-order valence-electron chi connectivity index (χ3n) is 4.69. The molecule has 1 atom stereocenters. The average molecular weight is 412 g/mol. The molecule has 29 heavy (non-hydrogen) atoms. The standard InChI is InChI=1S/C24H23F2NOS/c1-15-4-13-22(16(2)14-15)27-24(28)17(3)29-23(18-5-9-20(25)10-6-18)19-7-11-21(26)12-8-19/h4-14,17,23H,1-3H3,(H,27,28)/t17-/m0/s1. The lowest BCUT2D eigenvalue weighted by Crippen LogP contribution is -2.24. The zero-order chi connectivity index (χ0) is 21.0. The van der Waals surface area contributed by atoms with Gasteiger partial charge in [-0.3, -0.25) is 4.79 Å². The van der Waals surface area contributed by atoms with E-state index in [-0.39, 0.29) is 28.0 Å². The second-order valence-corrected chi connectivity index (χ2v) is 8.52. The van der Waals surface area contributed by atoms with E-state index in [1.165, 1.54) is 36.0 Å². The minimum atomic E-state index is -0.379. The Morgan fingerprint density at radius 1 is 0.862 bits per heavy atom. The number of halogens is 2. The first-order valence-electron chi connectivity index (χ1n) is 9.38. The minimum absolute atomic E-state index is 0.115. The highest BCUT2D eigenvalue weighted by Gasteiger charge is 2.23. The van der Waals surface area contributed by atoms with Crippen LogP contribution in [0.1, 0.15) is 34.4 Å². The minimum Gasteiger partial charge on any atom is -0.325 e. The molecule has 0 radical (unpaired) electrons. The van der Waals surface area contributed by atoms with E-state index in [0.717, 1.165) is 27.9 Å². The van der Waals surface area contributed by atoms with Gasteiger partial charge in [-0.15, -0.1) is 11.8 Å². The Hall–Kier alpha value is -2.66. The molecule has 150 valence electrons. The first-order valence-corrected chi connectivity index (χ1v) is 10.3. The SMILES string of the molecule is Cc1ccc(NC(=O)[C@H](C)SC(c2ccc(F)cc2)c2ccc(F)cc2)c(C)c1. The first kappa shape index (κ1) is 21.1. The van der Waals surface area contributed by atoms with Gasteiger partial charge in [0, 0.05) is 5.69 Å². The Labute approximate surface area is 174 Å². The quantitative estimate of drug-likeness (QED) is 0.506. The smallest absolute Gasteiger partial charge is 0.237 e. The monoisotopic (exact) mass is 411 g/mol. The van der Waals surface area contributed by atoms with E-state index in [4.69, 9.17) is 0 Å². The van der Waals surface area contributed by atoms with Gasteiger partial charge >= 0.3 is 0 Å². The predicted octanol–water partition coefficient (Wildman–Crippen LogP) is 6.43. The lowest BCUT2D eigenvalue weighted by molar-refractivity contribution is -0.115. The fraction of sp³-hybridized carbons (Fsp3) is 0.208. The Bertz CT molecular complexity index is 941. The second kappa shape index (κ2) is 9.23. The van der Waals surface area contributed by atoms with E-state index in [1.54, 1.807) is 24.3 Å². The van der Waals surface area contributed by atoms with Crippen molar-refractivity contribution in [1.29, 1.82) is 0 Å². The molecule has 0 saturated heterocycles. The van der Waals surface area contributed by atoms with Crippen LogP contribution in [0.4, 0.5) is 14.5 Å². The molecule has 3 aromatic carbocycles. The molecule has 0 aliphatic rings. The van der Waals surface area contributed by atoms with Crippen molar-refractivity contribution in [2.24, 2.45) is 0 Å². The summed E-state index contributed by atoms with van der Waals surface area (Å²) < 4.78 is 26.8. The molecule has 2 nitrogen and oxygen atoms in total. The van der Waals surface area contributed by atoms with Crippen molar-refractivity contribution in [3.63, 3.8) is 0 Å². The number of rotatable bonds is 6. The van der Waals surface area contributed by atoms with Crippen LogP contribution in [0.2, 0.25) is 0 Å². The molecule has 3 aromatic rings. The summed E-state index contributed by atoms with van der Waals surface area (Å²) in [6.07, 6.45) is 0. The van der Waals surface area contributed by atoms with Gasteiger partial charge in [-0.25, -0.2) is 8.78 Å². The fourth-order valence-electron chi connectivity index (χ4n) is 3.08. The van der Waals surface area contributed by atoms with Crippen LogP contribution in [0.15, 0.2) is 66.7 Å². The molecular weight excluding hydrogens is 388 g/mol. The van der Waals surface area contributed by atoms with Crippen molar-refractivity contribution in [3.8, 4) is 0 Å². The largest absolute Gasteiger partial charge is 0.325 e. The van der Waals surface area contributed by atoms with E-state index in [2.05, 4.69) is 5.32 Å². The molecule has 1 N–H and O–H groups in total. The number of carbonyl (C=O) groups excluding carboxylic acids is 1. The Balaban J connectivity index is 1.81. The van der Waals surface area contributed by atoms with Gasteiger partial charge < -0.3 is 5.32 Å². The van der Waals surface area contributed by atoms with Gasteiger partial charge in [-0.2, -0.15) is 0 Å². The number of aryl methyl sites for hydroxylation is 2. The zero-order valence-electron chi connectivity index (χ0n) is 16.6. The van der Waals surface area contributed by atoms with Crippen molar-refractivity contribution in [3.05, 3.63) is 101 Å². The van der Waals surface area contributed by atoms with Crippen LogP contribution in [0.5, 0.6) is 0 Å². The first-order chi connectivity index (χ1) is 13.8. The summed E-state index contributed by atoms with van der Waals surface area (Å²) >= 11 is 1.44. The van der Waals surface area contributed by atoms with Crippen LogP contribution in [0.3, 0.4) is 0 Å². The topological polar surface area (TPSA) is 29.1 Å². The lowest BCUT2D eigenvalue weighted by atomic mass is 10.0. The van der Waals surface area contributed by atoms with Crippen molar-refractivity contribution >= 4 is 23.4 Å². The van der Waals surface area contributed by atoms with E-state index in [0.29, 0.717) is 0 Å². The normalized spacial score (nSPS) is 12.1. The lowest BCUT2D eigenvalue weighted by Gasteiger charge is -2.22. The van der Waals surface area contributed by atoms with Gasteiger partial charge in [0.25, 0.3) is 0 Å². The maximum atomic E-state index is 13.4. The van der Waals surface area contributed by atoms with Crippen LogP contribution in [-0.2, 0) is 4.79 Å². The molecular formula is C24H23F2NOS. The summed E-state index contributed by atoms with van der Waals surface area (Å²) in [5, 5.41) is 2.38. The number of hydrogen-bond acceptors (Lipinski definition) is 2. The van der Waals surface area contributed by atoms with Crippen LogP contribution >= 0.6 is 11.8 Å². The molecule has 0 heterocycles. The van der Waals surface area contributed by atoms with Crippen molar-refractivity contribution < 1.29 is 13.6 Å². The van der Waals surface area contributed by atoms with E-state index in [1.807, 2.05) is 39.0 Å². The van der Waals surface area contributed by atoms with Crippen molar-refractivity contribution in [1.82, 2.24) is 0 Å². The van der Waals surface area contributed by atoms with Crippen LogP contribution in [0, 0.1) is 25.5 Å². The number of hydrogen-bond donors (Lipinski definition) is 1. The molecule has 0 fully saturated rings. The van der Waals surface area contributed by atoms with Gasteiger partial charge in [0.05, 0.1) is 10.5 Å². The maximum Gasteiger partial charge on any atom is 0.237 e. The highest BCUT2D eigenvalue weighted by molar-refractivity contribution is 8.01. The molecule has 5 heteroatoms. The van der Waals surface area contributed by atoms with Gasteiger partial charge in [0.15, 0.2) is 0 Å². The van der Waals surface area contributed by atoms with Crippen molar-refractivity contribution in [2.45, 2.75) is 31.3 Å². The molecule has 0 aliphatic heterocycles. The van der Waals surface area contributed by atoms with E-state index >= 15 is 0 Å². The number of nitrogens with one attached hydrogen (secondary N) is 1. The van der Waals surface area contributed by atoms with Crippen molar-refractivity contribution in [2.75, 3.05) is 5.32 Å². The molecule has 0 saturated carbocycles. The molecule has 0 aliphatic carbocycles. The number of thioether (sulfide) groups is 1. The molecule has 0 unspecified atom stereocenters. The number of anilines is 1. The third-order valence-corrected chi connectivity index (χ3v) is 6.13. The molecule has 3 rings (SSSR count). The van der Waals surface area contributed by atoms with Gasteiger partial charge in [0.2, 0.25) is 5.91 Å². The summed E-state index contributed by atoms with van der Waals surface area (Å²) in [6, 6.07) is 18.3. The average Bonchev–Trinajstić information content (AvgIpc) is 2.69. The number of amides is 1. The summed E-state index contributed by atoms with van der Waals surface area (Å²) in [6.45, 7) is 5.80. The second-order valence-electron chi connectivity index (χ2n) is 7.07. The number of benzene rings is 3. The van der Waals surface area contributed by atoms with E-state index in [9.17, 15) is 13.6 Å². The fourth-order valence-corrected chi connectivity index (χ4v) is 4.30. The third kappa shape index (κ3) is 5.45. The summed E-state index contributed by atoms with van der Waals surface area (Å²) in [5.41, 5.74) is 4.64. The molecule has 1 amide bonds. The Morgan fingerprint density at radius 3 is 1.86 bits per heavy atom. The summed E-state index contributed by atoms with van der Waals surface area (Å²) in [4.78, 5) is 12.8. The highest BCUT2D eigenvalue weighted by atomic mass is 32.2. The van der Waals surface area contributed by atoms with Crippen LogP contribution in [-0.4, -0.2) is 11.2 Å². The Kier molecular flexibility index (Phi) is 6.70.